The van der Waals surface area contributed by atoms with Gasteiger partial charge >= 0.3 is 5.97 Å². The van der Waals surface area contributed by atoms with Gasteiger partial charge in [0.1, 0.15) is 0 Å². The van der Waals surface area contributed by atoms with Gasteiger partial charge in [0.05, 0.1) is 11.5 Å². The fraction of sp³-hybridized carbons (Fsp3) is 0.897. The Kier molecular flexibility index (Phi) is 3.97. The number of carboxylic acids is 1. The highest BCUT2D eigenvalue weighted by molar-refractivity contribution is 5.78. The van der Waals surface area contributed by atoms with Crippen LogP contribution in [0.5, 0.6) is 0 Å². The molecule has 0 amide bonds. The molecule has 0 aliphatic heterocycles. The number of hydrogen-bond acceptors (Lipinski definition) is 2. The summed E-state index contributed by atoms with van der Waals surface area (Å²) in [6, 6.07) is 0. The molecule has 6 aliphatic rings. The van der Waals surface area contributed by atoms with Crippen LogP contribution in [0, 0.1) is 56.2 Å². The average Bonchev–Trinajstić information content (AvgIpc) is 3.08. The Bertz CT molecular complexity index is 919. The van der Waals surface area contributed by atoms with Gasteiger partial charge in [0, 0.05) is 0 Å². The standard InChI is InChI=1S/C29H44O3/c1-24(2)19-9-12-27(5)20(26(19,4)11-10-22(24)30)8-7-17-18-15-25(3)13-14-29(18,23(31)32)21(25)16-28(17,27)6/h7,18-22,30H,8-16H2,1-6H3,(H,31,32)/t18-,19+,20+,21-,22-,25+,26-,27+,28+,29+/m0/s1. The number of aliphatic hydroxyl groups excluding tert-OH is 1. The Morgan fingerprint density at radius 1 is 0.906 bits per heavy atom. The lowest BCUT2D eigenvalue weighted by Gasteiger charge is -2.70. The SMILES string of the molecule is CC1(C)[C@H]2CC[C@]3(C)[C@H](CC=C4[C@@H]5C[C@@]6(C)CC[C@]5(C(=O)O)[C@H]6C[C@]43C)[C@@]2(C)CC[C@@H]1O. The minimum atomic E-state index is -0.511. The van der Waals surface area contributed by atoms with Gasteiger partial charge in [-0.1, -0.05) is 53.2 Å². The average molecular weight is 441 g/mol. The fourth-order valence-electron chi connectivity index (χ4n) is 11.8. The first-order valence-corrected chi connectivity index (χ1v) is 13.4. The molecule has 0 aromatic carbocycles. The largest absolute Gasteiger partial charge is 0.481 e. The van der Waals surface area contributed by atoms with Crippen molar-refractivity contribution in [3.8, 4) is 0 Å². The third kappa shape index (κ3) is 2.05. The normalized spacial score (nSPS) is 59.6. The molecule has 0 spiro atoms. The first-order chi connectivity index (χ1) is 14.8. The molecule has 0 radical (unpaired) electrons. The number of rotatable bonds is 1. The smallest absolute Gasteiger partial charge is 0.310 e. The minimum Gasteiger partial charge on any atom is -0.481 e. The summed E-state index contributed by atoms with van der Waals surface area (Å²) in [5, 5.41) is 21.4. The monoisotopic (exact) mass is 440 g/mol. The summed E-state index contributed by atoms with van der Waals surface area (Å²) in [5.41, 5.74) is 1.80. The highest BCUT2D eigenvalue weighted by atomic mass is 16.4. The van der Waals surface area contributed by atoms with E-state index >= 15 is 0 Å². The molecule has 4 bridgehead atoms. The molecule has 3 heteroatoms. The number of carboxylic acid groups (broad SMARTS) is 1. The molecule has 0 aromatic rings. The molecule has 6 rings (SSSR count). The molecule has 6 aliphatic carbocycles. The van der Waals surface area contributed by atoms with E-state index in [-0.39, 0.29) is 39.1 Å². The predicted molar refractivity (Wildman–Crippen MR) is 126 cm³/mol. The minimum absolute atomic E-state index is 0.0230. The van der Waals surface area contributed by atoms with Crippen molar-refractivity contribution < 1.29 is 15.0 Å². The highest BCUT2D eigenvalue weighted by Gasteiger charge is 2.77. The van der Waals surface area contributed by atoms with Gasteiger partial charge in [0.25, 0.3) is 0 Å². The van der Waals surface area contributed by atoms with Crippen molar-refractivity contribution in [1.82, 2.24) is 0 Å². The van der Waals surface area contributed by atoms with Crippen LogP contribution in [0.4, 0.5) is 0 Å². The van der Waals surface area contributed by atoms with Crippen molar-refractivity contribution >= 4 is 5.97 Å². The second-order valence-electron chi connectivity index (χ2n) is 14.7. The van der Waals surface area contributed by atoms with E-state index in [4.69, 9.17) is 0 Å². The number of carbonyl (C=O) groups is 1. The van der Waals surface area contributed by atoms with Crippen molar-refractivity contribution in [3.63, 3.8) is 0 Å². The molecule has 178 valence electrons. The molecule has 5 fully saturated rings. The summed E-state index contributed by atoms with van der Waals surface area (Å²) < 4.78 is 0. The van der Waals surface area contributed by atoms with Crippen molar-refractivity contribution in [3.05, 3.63) is 11.6 Å². The summed E-state index contributed by atoms with van der Waals surface area (Å²) in [6.07, 6.45) is 12.1. The van der Waals surface area contributed by atoms with Crippen LogP contribution >= 0.6 is 0 Å². The van der Waals surface area contributed by atoms with Crippen LogP contribution in [-0.2, 0) is 4.79 Å². The van der Waals surface area contributed by atoms with Gasteiger partial charge in [-0.05, 0) is 109 Å². The van der Waals surface area contributed by atoms with Crippen LogP contribution in [0.1, 0.15) is 99.3 Å². The van der Waals surface area contributed by atoms with Crippen LogP contribution < -0.4 is 0 Å². The van der Waals surface area contributed by atoms with Crippen molar-refractivity contribution in [2.24, 2.45) is 56.2 Å². The molecule has 0 aromatic heterocycles. The highest BCUT2D eigenvalue weighted by Crippen LogP contribution is 2.82. The Balaban J connectivity index is 1.47. The topological polar surface area (TPSA) is 57.5 Å². The Labute approximate surface area is 194 Å². The molecule has 0 saturated heterocycles. The molecule has 3 nitrogen and oxygen atoms in total. The quantitative estimate of drug-likeness (QED) is 0.460. The fourth-order valence-corrected chi connectivity index (χ4v) is 11.8. The van der Waals surface area contributed by atoms with E-state index in [9.17, 15) is 15.0 Å². The van der Waals surface area contributed by atoms with E-state index in [1.807, 2.05) is 0 Å². The van der Waals surface area contributed by atoms with E-state index < -0.39 is 11.4 Å². The summed E-state index contributed by atoms with van der Waals surface area (Å²) in [6.45, 7) is 14.7. The number of aliphatic hydroxyl groups is 1. The number of hydrogen-bond donors (Lipinski definition) is 2. The Hall–Kier alpha value is -0.830. The summed E-state index contributed by atoms with van der Waals surface area (Å²) in [7, 11) is 0. The number of allylic oxidation sites excluding steroid dienone is 2. The maximum absolute atomic E-state index is 12.8. The van der Waals surface area contributed by atoms with Crippen molar-refractivity contribution in [1.29, 1.82) is 0 Å². The molecule has 10 atom stereocenters. The molecule has 5 saturated carbocycles. The maximum atomic E-state index is 12.8. The van der Waals surface area contributed by atoms with Crippen LogP contribution in [0.25, 0.3) is 0 Å². The van der Waals surface area contributed by atoms with Gasteiger partial charge in [-0.2, -0.15) is 0 Å². The predicted octanol–water partition coefficient (Wildman–Crippen LogP) is 6.45. The summed E-state index contributed by atoms with van der Waals surface area (Å²) in [4.78, 5) is 12.8. The van der Waals surface area contributed by atoms with Gasteiger partial charge in [0.15, 0.2) is 0 Å². The summed E-state index contributed by atoms with van der Waals surface area (Å²) in [5.74, 6) is 1.25. The van der Waals surface area contributed by atoms with E-state index in [1.54, 1.807) is 0 Å². The first-order valence-electron chi connectivity index (χ1n) is 13.4. The lowest BCUT2D eigenvalue weighted by molar-refractivity contribution is -0.204. The van der Waals surface area contributed by atoms with Crippen molar-refractivity contribution in [2.45, 2.75) is 105 Å². The second-order valence-corrected chi connectivity index (χ2v) is 14.7. The third-order valence-corrected chi connectivity index (χ3v) is 13.7. The van der Waals surface area contributed by atoms with E-state index in [2.05, 4.69) is 47.6 Å². The van der Waals surface area contributed by atoms with Gasteiger partial charge < -0.3 is 10.2 Å². The molecule has 0 heterocycles. The van der Waals surface area contributed by atoms with E-state index in [0.717, 1.165) is 44.9 Å². The lowest BCUT2D eigenvalue weighted by Crippen LogP contribution is -2.64. The first kappa shape index (κ1) is 21.7. The number of aliphatic carboxylic acids is 1. The summed E-state index contributed by atoms with van der Waals surface area (Å²) >= 11 is 0. The Morgan fingerprint density at radius 3 is 2.31 bits per heavy atom. The zero-order valence-electron chi connectivity index (χ0n) is 21.1. The van der Waals surface area contributed by atoms with Crippen LogP contribution in [0.2, 0.25) is 0 Å². The molecule has 0 unspecified atom stereocenters. The lowest BCUT2D eigenvalue weighted by atomic mass is 9.34. The molecular formula is C29H44O3. The van der Waals surface area contributed by atoms with Crippen LogP contribution in [-0.4, -0.2) is 22.3 Å². The van der Waals surface area contributed by atoms with Gasteiger partial charge in [-0.15, -0.1) is 0 Å². The molecule has 2 N–H and O–H groups in total. The van der Waals surface area contributed by atoms with Gasteiger partial charge in [0.2, 0.25) is 0 Å². The zero-order valence-corrected chi connectivity index (χ0v) is 21.1. The molecule has 32 heavy (non-hydrogen) atoms. The van der Waals surface area contributed by atoms with E-state index in [1.165, 1.54) is 18.4 Å². The van der Waals surface area contributed by atoms with Crippen molar-refractivity contribution in [2.75, 3.05) is 0 Å². The van der Waals surface area contributed by atoms with E-state index in [0.29, 0.717) is 17.8 Å². The zero-order chi connectivity index (χ0) is 23.1. The number of fused-ring (bicyclic) bond motifs is 6. The molecular weight excluding hydrogens is 396 g/mol. The van der Waals surface area contributed by atoms with Crippen LogP contribution in [0.3, 0.4) is 0 Å². The third-order valence-electron chi connectivity index (χ3n) is 13.7. The van der Waals surface area contributed by atoms with Crippen LogP contribution in [0.15, 0.2) is 11.6 Å². The van der Waals surface area contributed by atoms with Gasteiger partial charge in [-0.3, -0.25) is 4.79 Å². The maximum Gasteiger partial charge on any atom is 0.310 e. The second kappa shape index (κ2) is 5.86. The van der Waals surface area contributed by atoms with Gasteiger partial charge in [-0.25, -0.2) is 0 Å². The Morgan fingerprint density at radius 2 is 1.62 bits per heavy atom.